The van der Waals surface area contributed by atoms with Crippen molar-refractivity contribution < 1.29 is 0 Å². The Kier molecular flexibility index (Phi) is 2.44. The number of aromatic nitrogens is 2. The molecule has 4 rings (SSSR count). The van der Waals surface area contributed by atoms with Gasteiger partial charge in [-0.3, -0.25) is 0 Å². The molecule has 0 amide bonds. The number of hydrogen-bond donors (Lipinski definition) is 2. The average Bonchev–Trinajstić information content (AvgIpc) is 3.20. The molecule has 1 aliphatic rings. The second-order valence-electron chi connectivity index (χ2n) is 5.55. The van der Waals surface area contributed by atoms with E-state index in [1.807, 2.05) is 6.07 Å². The van der Waals surface area contributed by atoms with Crippen LogP contribution < -0.4 is 5.73 Å². The Morgan fingerprint density at radius 1 is 1.05 bits per heavy atom. The Balaban J connectivity index is 1.87. The molecule has 1 aliphatic carbocycles. The first kappa shape index (κ1) is 11.7. The number of rotatable bonds is 3. The molecule has 1 saturated carbocycles. The topological polar surface area (TPSA) is 54.7 Å². The summed E-state index contributed by atoms with van der Waals surface area (Å²) in [5, 5.41) is 0. The smallest absolute Gasteiger partial charge is 0.117 e. The highest BCUT2D eigenvalue weighted by atomic mass is 15.0. The van der Waals surface area contributed by atoms with Gasteiger partial charge in [0.05, 0.1) is 16.4 Å². The average molecular weight is 263 g/mol. The van der Waals surface area contributed by atoms with E-state index in [1.54, 1.807) is 0 Å². The number of nitrogens with one attached hydrogen (secondary N) is 1. The van der Waals surface area contributed by atoms with Crippen LogP contribution in [0.15, 0.2) is 48.5 Å². The maximum atomic E-state index is 5.81. The fourth-order valence-corrected chi connectivity index (χ4v) is 3.03. The number of nitrogens with zero attached hydrogens (tertiary/aromatic N) is 1. The van der Waals surface area contributed by atoms with Crippen molar-refractivity contribution in [2.45, 2.75) is 24.8 Å². The molecular weight excluding hydrogens is 246 g/mol. The van der Waals surface area contributed by atoms with Crippen LogP contribution in [0.5, 0.6) is 0 Å². The van der Waals surface area contributed by atoms with Crippen LogP contribution in [0.3, 0.4) is 0 Å². The van der Waals surface area contributed by atoms with Crippen molar-refractivity contribution in [2.24, 2.45) is 5.73 Å². The normalized spacial score (nSPS) is 16.4. The van der Waals surface area contributed by atoms with Gasteiger partial charge in [0.1, 0.15) is 5.82 Å². The summed E-state index contributed by atoms with van der Waals surface area (Å²) in [6.07, 6.45) is 2.32. The molecule has 3 N–H and O–H groups in total. The van der Waals surface area contributed by atoms with Gasteiger partial charge in [-0.05, 0) is 30.0 Å². The lowest BCUT2D eigenvalue weighted by Crippen LogP contribution is -2.10. The minimum absolute atomic E-state index is 0.0894. The maximum absolute atomic E-state index is 5.81. The van der Waals surface area contributed by atoms with E-state index in [0.29, 0.717) is 6.54 Å². The van der Waals surface area contributed by atoms with Gasteiger partial charge in [0.2, 0.25) is 0 Å². The van der Waals surface area contributed by atoms with Gasteiger partial charge in [-0.25, -0.2) is 4.98 Å². The summed E-state index contributed by atoms with van der Waals surface area (Å²) in [7, 11) is 0. The molecular formula is C17H17N3. The SMILES string of the molecule is NCc1cccc2[nH]c(C3(c4ccccc4)CC3)nc12. The van der Waals surface area contributed by atoms with E-state index >= 15 is 0 Å². The monoisotopic (exact) mass is 263 g/mol. The molecule has 3 heteroatoms. The Hall–Kier alpha value is -2.13. The zero-order chi connectivity index (χ0) is 13.6. The second-order valence-corrected chi connectivity index (χ2v) is 5.55. The maximum Gasteiger partial charge on any atom is 0.117 e. The van der Waals surface area contributed by atoms with Crippen LogP contribution >= 0.6 is 0 Å². The van der Waals surface area contributed by atoms with Gasteiger partial charge in [-0.2, -0.15) is 0 Å². The Morgan fingerprint density at radius 2 is 1.85 bits per heavy atom. The van der Waals surface area contributed by atoms with Gasteiger partial charge < -0.3 is 10.7 Å². The van der Waals surface area contributed by atoms with Crippen molar-refractivity contribution in [3.63, 3.8) is 0 Å². The summed E-state index contributed by atoms with van der Waals surface area (Å²) in [5.74, 6) is 1.08. The third-order valence-corrected chi connectivity index (χ3v) is 4.35. The van der Waals surface area contributed by atoms with Crippen LogP contribution in [0.2, 0.25) is 0 Å². The van der Waals surface area contributed by atoms with Crippen molar-refractivity contribution in [1.29, 1.82) is 0 Å². The molecule has 1 fully saturated rings. The van der Waals surface area contributed by atoms with E-state index in [4.69, 9.17) is 10.7 Å². The molecule has 0 bridgehead atoms. The molecule has 0 unspecified atom stereocenters. The molecule has 2 aromatic carbocycles. The van der Waals surface area contributed by atoms with Crippen molar-refractivity contribution in [1.82, 2.24) is 9.97 Å². The molecule has 0 radical (unpaired) electrons. The number of nitrogens with two attached hydrogens (primary N) is 1. The highest BCUT2D eigenvalue weighted by molar-refractivity contribution is 5.79. The van der Waals surface area contributed by atoms with Gasteiger partial charge >= 0.3 is 0 Å². The van der Waals surface area contributed by atoms with Crippen LogP contribution in [0, 0.1) is 0 Å². The predicted octanol–water partition coefficient (Wildman–Crippen LogP) is 3.10. The lowest BCUT2D eigenvalue weighted by Gasteiger charge is -2.12. The van der Waals surface area contributed by atoms with Crippen molar-refractivity contribution in [2.75, 3.05) is 0 Å². The fourth-order valence-electron chi connectivity index (χ4n) is 3.03. The number of aromatic amines is 1. The molecule has 1 aromatic heterocycles. The van der Waals surface area contributed by atoms with Crippen LogP contribution in [0.1, 0.15) is 29.8 Å². The Morgan fingerprint density at radius 3 is 2.55 bits per heavy atom. The first-order chi connectivity index (χ1) is 9.83. The van der Waals surface area contributed by atoms with Crippen LogP contribution in [-0.2, 0) is 12.0 Å². The highest BCUT2D eigenvalue weighted by Gasteiger charge is 2.48. The largest absolute Gasteiger partial charge is 0.341 e. The van der Waals surface area contributed by atoms with Crippen LogP contribution in [-0.4, -0.2) is 9.97 Å². The van der Waals surface area contributed by atoms with Gasteiger partial charge in [0.15, 0.2) is 0 Å². The van der Waals surface area contributed by atoms with Gasteiger partial charge in [-0.1, -0.05) is 42.5 Å². The molecule has 100 valence electrons. The van der Waals surface area contributed by atoms with Crippen molar-refractivity contribution in [3.8, 4) is 0 Å². The van der Waals surface area contributed by atoms with E-state index < -0.39 is 0 Å². The number of H-pyrrole nitrogens is 1. The van der Waals surface area contributed by atoms with Crippen molar-refractivity contribution in [3.05, 3.63) is 65.5 Å². The number of fused-ring (bicyclic) bond motifs is 1. The minimum Gasteiger partial charge on any atom is -0.341 e. The second kappa shape index (κ2) is 4.18. The minimum atomic E-state index is 0.0894. The van der Waals surface area contributed by atoms with Gasteiger partial charge in [-0.15, -0.1) is 0 Å². The summed E-state index contributed by atoms with van der Waals surface area (Å²) in [5.41, 5.74) is 10.5. The zero-order valence-electron chi connectivity index (χ0n) is 11.3. The molecule has 0 saturated heterocycles. The number of benzene rings is 2. The van der Waals surface area contributed by atoms with E-state index in [-0.39, 0.29) is 5.41 Å². The summed E-state index contributed by atoms with van der Waals surface area (Å²) in [6.45, 7) is 0.528. The van der Waals surface area contributed by atoms with Crippen molar-refractivity contribution >= 4 is 11.0 Å². The van der Waals surface area contributed by atoms with Gasteiger partial charge in [0, 0.05) is 6.54 Å². The molecule has 0 aliphatic heterocycles. The third-order valence-electron chi connectivity index (χ3n) is 4.35. The van der Waals surface area contributed by atoms with E-state index in [9.17, 15) is 0 Å². The number of para-hydroxylation sites is 1. The Labute approximate surface area is 117 Å². The summed E-state index contributed by atoms with van der Waals surface area (Å²) < 4.78 is 0. The summed E-state index contributed by atoms with van der Waals surface area (Å²) in [6, 6.07) is 16.8. The van der Waals surface area contributed by atoms with E-state index in [0.717, 1.165) is 35.3 Å². The number of hydrogen-bond acceptors (Lipinski definition) is 2. The van der Waals surface area contributed by atoms with Crippen LogP contribution in [0.25, 0.3) is 11.0 Å². The first-order valence-corrected chi connectivity index (χ1v) is 7.07. The Bertz CT molecular complexity index is 754. The standard InChI is InChI=1S/C17H17N3/c18-11-12-5-4-8-14-15(12)20-16(19-14)17(9-10-17)13-6-2-1-3-7-13/h1-8H,9-11,18H2,(H,19,20). The zero-order valence-corrected chi connectivity index (χ0v) is 11.3. The lowest BCUT2D eigenvalue weighted by molar-refractivity contribution is 0.778. The molecule has 20 heavy (non-hydrogen) atoms. The molecule has 1 heterocycles. The third kappa shape index (κ3) is 1.60. The number of imidazole rings is 1. The predicted molar refractivity (Wildman–Crippen MR) is 80.4 cm³/mol. The van der Waals surface area contributed by atoms with Crippen LogP contribution in [0.4, 0.5) is 0 Å². The quantitative estimate of drug-likeness (QED) is 0.763. The molecule has 0 atom stereocenters. The summed E-state index contributed by atoms with van der Waals surface area (Å²) in [4.78, 5) is 8.36. The summed E-state index contributed by atoms with van der Waals surface area (Å²) >= 11 is 0. The van der Waals surface area contributed by atoms with E-state index in [2.05, 4.69) is 47.4 Å². The lowest BCUT2D eigenvalue weighted by atomic mass is 9.95. The highest BCUT2D eigenvalue weighted by Crippen LogP contribution is 2.52. The van der Waals surface area contributed by atoms with E-state index in [1.165, 1.54) is 5.56 Å². The first-order valence-electron chi connectivity index (χ1n) is 7.07. The van der Waals surface area contributed by atoms with Gasteiger partial charge in [0.25, 0.3) is 0 Å². The molecule has 3 aromatic rings. The fraction of sp³-hybridized carbons (Fsp3) is 0.235. The molecule has 3 nitrogen and oxygen atoms in total. The molecule has 0 spiro atoms.